The third-order valence-electron chi connectivity index (χ3n) is 2.34. The molecule has 18 heavy (non-hydrogen) atoms. The van der Waals surface area contributed by atoms with Crippen LogP contribution in [-0.2, 0) is 0 Å². The first-order valence-corrected chi connectivity index (χ1v) is 6.08. The van der Waals surface area contributed by atoms with Crippen LogP contribution in [0.5, 0.6) is 0 Å². The first-order valence-electron chi connectivity index (χ1n) is 5.55. The van der Waals surface area contributed by atoms with E-state index >= 15 is 0 Å². The highest BCUT2D eigenvalue weighted by atomic mass is 35.5. The van der Waals surface area contributed by atoms with Crippen molar-refractivity contribution in [2.75, 3.05) is 12.4 Å². The first-order chi connectivity index (χ1) is 8.56. The van der Waals surface area contributed by atoms with Crippen LogP contribution in [0.25, 0.3) is 0 Å². The third-order valence-corrected chi connectivity index (χ3v) is 2.61. The van der Waals surface area contributed by atoms with Crippen LogP contribution in [0.3, 0.4) is 0 Å². The second-order valence-electron chi connectivity index (χ2n) is 3.76. The van der Waals surface area contributed by atoms with Gasteiger partial charge in [0.2, 0.25) is 0 Å². The molecule has 1 amide bonds. The summed E-state index contributed by atoms with van der Waals surface area (Å²) in [5.41, 5.74) is -0.233. The smallest absolute Gasteiger partial charge is 0.251 e. The van der Waals surface area contributed by atoms with Gasteiger partial charge in [0.25, 0.3) is 5.91 Å². The van der Waals surface area contributed by atoms with Gasteiger partial charge in [0.15, 0.2) is 17.5 Å². The highest BCUT2D eigenvalue weighted by Crippen LogP contribution is 2.13. The maximum absolute atomic E-state index is 12.9. The molecule has 6 heteroatoms. The molecule has 1 N–H and O–H groups in total. The summed E-state index contributed by atoms with van der Waals surface area (Å²) in [4.78, 5) is 11.5. The third kappa shape index (κ3) is 4.22. The van der Waals surface area contributed by atoms with E-state index in [-0.39, 0.29) is 5.56 Å². The lowest BCUT2D eigenvalue weighted by Gasteiger charge is -2.05. The highest BCUT2D eigenvalue weighted by Gasteiger charge is 2.14. The van der Waals surface area contributed by atoms with Crippen molar-refractivity contribution in [3.8, 4) is 0 Å². The van der Waals surface area contributed by atoms with E-state index in [0.29, 0.717) is 24.6 Å². The number of benzene rings is 1. The van der Waals surface area contributed by atoms with Crippen molar-refractivity contribution in [3.63, 3.8) is 0 Å². The van der Waals surface area contributed by atoms with Crippen LogP contribution < -0.4 is 5.32 Å². The monoisotopic (exact) mass is 279 g/mol. The van der Waals surface area contributed by atoms with Crippen LogP contribution in [-0.4, -0.2) is 18.3 Å². The Hall–Kier alpha value is -1.23. The SMILES string of the molecule is O=C(NCCCCCCl)c1cc(F)c(F)c(F)c1. The molecule has 0 aromatic heterocycles. The number of nitrogens with one attached hydrogen (secondary N) is 1. The average Bonchev–Trinajstić information content (AvgIpc) is 2.34. The summed E-state index contributed by atoms with van der Waals surface area (Å²) in [6.07, 6.45) is 2.43. The van der Waals surface area contributed by atoms with Crippen molar-refractivity contribution in [2.45, 2.75) is 19.3 Å². The molecule has 0 saturated carbocycles. The normalized spacial score (nSPS) is 10.4. The Morgan fingerprint density at radius 1 is 1.11 bits per heavy atom. The van der Waals surface area contributed by atoms with E-state index in [1.54, 1.807) is 0 Å². The number of hydrogen-bond acceptors (Lipinski definition) is 1. The van der Waals surface area contributed by atoms with Gasteiger partial charge in [0.1, 0.15) is 0 Å². The zero-order valence-corrected chi connectivity index (χ0v) is 10.4. The first kappa shape index (κ1) is 14.8. The maximum atomic E-state index is 12.9. The van der Waals surface area contributed by atoms with Crippen LogP contribution in [0.15, 0.2) is 12.1 Å². The number of halogens is 4. The van der Waals surface area contributed by atoms with E-state index in [1.165, 1.54) is 0 Å². The Bertz CT molecular complexity index is 403. The molecule has 0 heterocycles. The summed E-state index contributed by atoms with van der Waals surface area (Å²) in [7, 11) is 0. The van der Waals surface area contributed by atoms with Crippen LogP contribution >= 0.6 is 11.6 Å². The molecule has 0 unspecified atom stereocenters. The lowest BCUT2D eigenvalue weighted by molar-refractivity contribution is 0.0952. The molecule has 0 aliphatic rings. The van der Waals surface area contributed by atoms with Gasteiger partial charge in [-0.1, -0.05) is 6.42 Å². The molecule has 2 nitrogen and oxygen atoms in total. The van der Waals surface area contributed by atoms with Gasteiger partial charge in [0, 0.05) is 18.0 Å². The van der Waals surface area contributed by atoms with Gasteiger partial charge < -0.3 is 5.32 Å². The minimum atomic E-state index is -1.58. The number of amides is 1. The zero-order valence-electron chi connectivity index (χ0n) is 9.61. The van der Waals surface area contributed by atoms with E-state index in [1.807, 2.05) is 0 Å². The predicted octanol–water partition coefficient (Wildman–Crippen LogP) is 3.24. The maximum Gasteiger partial charge on any atom is 0.251 e. The molecule has 0 fully saturated rings. The van der Waals surface area contributed by atoms with Crippen molar-refractivity contribution in [3.05, 3.63) is 35.1 Å². The Kier molecular flexibility index (Phi) is 5.98. The molecular formula is C12H13ClF3NO. The fourth-order valence-electron chi connectivity index (χ4n) is 1.39. The number of carbonyl (C=O) groups excluding carboxylic acids is 1. The molecule has 0 atom stereocenters. The van der Waals surface area contributed by atoms with Gasteiger partial charge in [-0.15, -0.1) is 11.6 Å². The fourth-order valence-corrected chi connectivity index (χ4v) is 1.58. The number of unbranched alkanes of at least 4 members (excludes halogenated alkanes) is 2. The van der Waals surface area contributed by atoms with Crippen LogP contribution in [0.2, 0.25) is 0 Å². The summed E-state index contributed by atoms with van der Waals surface area (Å²) in [6, 6.07) is 1.35. The second-order valence-corrected chi connectivity index (χ2v) is 4.14. The Morgan fingerprint density at radius 3 is 2.28 bits per heavy atom. The quantitative estimate of drug-likeness (QED) is 0.483. The Labute approximate surface area is 108 Å². The number of alkyl halides is 1. The Morgan fingerprint density at radius 2 is 1.72 bits per heavy atom. The molecule has 0 spiro atoms. The van der Waals surface area contributed by atoms with E-state index in [4.69, 9.17) is 11.6 Å². The summed E-state index contributed by atoms with van der Waals surface area (Å²) in [5.74, 6) is -4.39. The van der Waals surface area contributed by atoms with Crippen LogP contribution in [0.4, 0.5) is 13.2 Å². The van der Waals surface area contributed by atoms with Crippen molar-refractivity contribution < 1.29 is 18.0 Å². The lowest BCUT2D eigenvalue weighted by atomic mass is 10.2. The highest BCUT2D eigenvalue weighted by molar-refractivity contribution is 6.17. The Balaban J connectivity index is 2.52. The molecule has 1 aromatic carbocycles. The van der Waals surface area contributed by atoms with E-state index in [0.717, 1.165) is 19.3 Å². The van der Waals surface area contributed by atoms with Crippen molar-refractivity contribution >= 4 is 17.5 Å². The fraction of sp³-hybridized carbons (Fsp3) is 0.417. The van der Waals surface area contributed by atoms with Crippen molar-refractivity contribution in [1.29, 1.82) is 0 Å². The van der Waals surface area contributed by atoms with Crippen molar-refractivity contribution in [2.24, 2.45) is 0 Å². The number of rotatable bonds is 6. The van der Waals surface area contributed by atoms with Gasteiger partial charge in [-0.05, 0) is 25.0 Å². The minimum Gasteiger partial charge on any atom is -0.352 e. The van der Waals surface area contributed by atoms with Crippen LogP contribution in [0.1, 0.15) is 29.6 Å². The molecule has 100 valence electrons. The van der Waals surface area contributed by atoms with Gasteiger partial charge >= 0.3 is 0 Å². The topological polar surface area (TPSA) is 29.1 Å². The van der Waals surface area contributed by atoms with E-state index in [9.17, 15) is 18.0 Å². The molecule has 1 aromatic rings. The van der Waals surface area contributed by atoms with Gasteiger partial charge in [0.05, 0.1) is 0 Å². The molecule has 0 bridgehead atoms. The standard InChI is InChI=1S/C12H13ClF3NO/c13-4-2-1-3-5-17-12(18)8-6-9(14)11(16)10(15)7-8/h6-7H,1-5H2,(H,17,18). The summed E-state index contributed by atoms with van der Waals surface area (Å²) in [6.45, 7) is 0.385. The second kappa shape index (κ2) is 7.26. The minimum absolute atomic E-state index is 0.233. The lowest BCUT2D eigenvalue weighted by Crippen LogP contribution is -2.24. The van der Waals surface area contributed by atoms with Gasteiger partial charge in [-0.2, -0.15) is 0 Å². The molecule has 1 rings (SSSR count). The molecule has 0 saturated heterocycles. The van der Waals surface area contributed by atoms with Gasteiger partial charge in [-0.25, -0.2) is 13.2 Å². The summed E-state index contributed by atoms with van der Waals surface area (Å²) in [5, 5.41) is 2.49. The average molecular weight is 280 g/mol. The number of hydrogen-bond donors (Lipinski definition) is 1. The van der Waals surface area contributed by atoms with Gasteiger partial charge in [-0.3, -0.25) is 4.79 Å². The van der Waals surface area contributed by atoms with Crippen molar-refractivity contribution in [1.82, 2.24) is 5.32 Å². The summed E-state index contributed by atoms with van der Waals surface area (Å²) < 4.78 is 38.4. The molecule has 0 aliphatic carbocycles. The molecular weight excluding hydrogens is 267 g/mol. The molecule has 0 aliphatic heterocycles. The van der Waals surface area contributed by atoms with Crippen LogP contribution in [0, 0.1) is 17.5 Å². The summed E-state index contributed by atoms with van der Waals surface area (Å²) >= 11 is 5.48. The predicted molar refractivity (Wildman–Crippen MR) is 63.2 cm³/mol. The van der Waals surface area contributed by atoms with E-state index in [2.05, 4.69) is 5.32 Å². The largest absolute Gasteiger partial charge is 0.352 e. The zero-order chi connectivity index (χ0) is 13.5. The van der Waals surface area contributed by atoms with E-state index < -0.39 is 23.4 Å². The molecule has 0 radical (unpaired) electrons. The number of carbonyl (C=O) groups is 1.